The zero-order chi connectivity index (χ0) is 13.9. The Hall–Kier alpha value is -1.35. The lowest BCUT2D eigenvalue weighted by Gasteiger charge is -2.19. The Kier molecular flexibility index (Phi) is 4.25. The number of carbonyl (C=O) groups is 1. The molecule has 1 aliphatic heterocycles. The average molecular weight is 261 g/mol. The Balaban J connectivity index is 1.92. The van der Waals surface area contributed by atoms with Gasteiger partial charge in [-0.3, -0.25) is 4.79 Å². The van der Waals surface area contributed by atoms with Gasteiger partial charge < -0.3 is 10.1 Å². The third-order valence-corrected chi connectivity index (χ3v) is 3.53. The normalized spacial score (nSPS) is 19.4. The molecule has 0 bridgehead atoms. The summed E-state index contributed by atoms with van der Waals surface area (Å²) in [7, 11) is 0. The molecule has 1 aromatic carbocycles. The molecular formula is C16H23NO2. The number of benzene rings is 1. The monoisotopic (exact) mass is 261 g/mol. The van der Waals surface area contributed by atoms with Crippen molar-refractivity contribution >= 4 is 5.91 Å². The molecule has 0 saturated carbocycles. The van der Waals surface area contributed by atoms with Gasteiger partial charge in [0.15, 0.2) is 0 Å². The lowest BCUT2D eigenvalue weighted by atomic mass is 9.87. The van der Waals surface area contributed by atoms with Crippen molar-refractivity contribution < 1.29 is 9.53 Å². The molecule has 1 fully saturated rings. The zero-order valence-electron chi connectivity index (χ0n) is 12.0. The van der Waals surface area contributed by atoms with Crippen molar-refractivity contribution in [2.75, 3.05) is 13.2 Å². The second kappa shape index (κ2) is 5.74. The van der Waals surface area contributed by atoms with E-state index in [9.17, 15) is 4.79 Å². The van der Waals surface area contributed by atoms with E-state index in [0.717, 1.165) is 19.4 Å². The van der Waals surface area contributed by atoms with Gasteiger partial charge in [-0.1, -0.05) is 32.9 Å². The summed E-state index contributed by atoms with van der Waals surface area (Å²) in [5.74, 6) is -0.0176. The van der Waals surface area contributed by atoms with Gasteiger partial charge in [-0.2, -0.15) is 0 Å². The van der Waals surface area contributed by atoms with E-state index in [-0.39, 0.29) is 17.4 Å². The number of amides is 1. The molecule has 1 saturated heterocycles. The Morgan fingerprint density at radius 3 is 2.53 bits per heavy atom. The second-order valence-corrected chi connectivity index (χ2v) is 6.17. The van der Waals surface area contributed by atoms with Crippen LogP contribution in [0.3, 0.4) is 0 Å². The Labute approximate surface area is 115 Å². The minimum atomic E-state index is -0.0176. The molecule has 0 spiro atoms. The van der Waals surface area contributed by atoms with Crippen LogP contribution in [0.15, 0.2) is 24.3 Å². The summed E-state index contributed by atoms with van der Waals surface area (Å²) in [4.78, 5) is 12.0. The number of ether oxygens (including phenoxy) is 1. The molecule has 1 aliphatic rings. The SMILES string of the molecule is CC(C)(C)c1ccc(C(=O)NCC2CCCO2)cc1. The summed E-state index contributed by atoms with van der Waals surface area (Å²) in [6.45, 7) is 7.93. The summed E-state index contributed by atoms with van der Waals surface area (Å²) in [6, 6.07) is 7.85. The van der Waals surface area contributed by atoms with Crippen LogP contribution in [0.4, 0.5) is 0 Å². The molecular weight excluding hydrogens is 238 g/mol. The van der Waals surface area contributed by atoms with Gasteiger partial charge in [-0.15, -0.1) is 0 Å². The van der Waals surface area contributed by atoms with Crippen LogP contribution in [0.5, 0.6) is 0 Å². The second-order valence-electron chi connectivity index (χ2n) is 6.17. The Morgan fingerprint density at radius 2 is 2.00 bits per heavy atom. The van der Waals surface area contributed by atoms with Crippen molar-refractivity contribution in [3.8, 4) is 0 Å². The van der Waals surface area contributed by atoms with E-state index in [4.69, 9.17) is 4.74 Å². The molecule has 2 rings (SSSR count). The number of carbonyl (C=O) groups excluding carboxylic acids is 1. The first-order valence-electron chi connectivity index (χ1n) is 6.97. The van der Waals surface area contributed by atoms with E-state index in [0.29, 0.717) is 12.1 Å². The fourth-order valence-corrected chi connectivity index (χ4v) is 2.24. The first-order valence-corrected chi connectivity index (χ1v) is 6.97. The third kappa shape index (κ3) is 3.80. The third-order valence-electron chi connectivity index (χ3n) is 3.53. The average Bonchev–Trinajstić information content (AvgIpc) is 2.88. The number of nitrogens with one attached hydrogen (secondary N) is 1. The van der Waals surface area contributed by atoms with Crippen LogP contribution in [0.25, 0.3) is 0 Å². The molecule has 3 nitrogen and oxygen atoms in total. The van der Waals surface area contributed by atoms with Crippen molar-refractivity contribution in [2.24, 2.45) is 0 Å². The molecule has 1 unspecified atom stereocenters. The summed E-state index contributed by atoms with van der Waals surface area (Å²) in [6.07, 6.45) is 2.34. The standard InChI is InChI=1S/C16H23NO2/c1-16(2,3)13-8-6-12(7-9-13)15(18)17-11-14-5-4-10-19-14/h6-9,14H,4-5,10-11H2,1-3H3,(H,17,18). The van der Waals surface area contributed by atoms with Crippen LogP contribution in [-0.4, -0.2) is 25.2 Å². The van der Waals surface area contributed by atoms with Gasteiger partial charge in [0.2, 0.25) is 0 Å². The Morgan fingerprint density at radius 1 is 1.32 bits per heavy atom. The van der Waals surface area contributed by atoms with Gasteiger partial charge in [-0.25, -0.2) is 0 Å². The molecule has 0 radical (unpaired) electrons. The molecule has 1 N–H and O–H groups in total. The van der Waals surface area contributed by atoms with Crippen molar-refractivity contribution in [1.82, 2.24) is 5.32 Å². The fourth-order valence-electron chi connectivity index (χ4n) is 2.24. The summed E-state index contributed by atoms with van der Waals surface area (Å²) in [5.41, 5.74) is 2.07. The van der Waals surface area contributed by atoms with Crippen LogP contribution in [0.2, 0.25) is 0 Å². The minimum Gasteiger partial charge on any atom is -0.376 e. The quantitative estimate of drug-likeness (QED) is 0.908. The summed E-state index contributed by atoms with van der Waals surface area (Å²) in [5, 5.41) is 2.94. The first-order chi connectivity index (χ1) is 8.97. The Bertz CT molecular complexity index is 425. The van der Waals surface area contributed by atoms with Gasteiger partial charge in [0.1, 0.15) is 0 Å². The highest BCUT2D eigenvalue weighted by molar-refractivity contribution is 5.94. The molecule has 0 aromatic heterocycles. The number of hydrogen-bond acceptors (Lipinski definition) is 2. The molecule has 19 heavy (non-hydrogen) atoms. The molecule has 0 aliphatic carbocycles. The maximum absolute atomic E-state index is 12.0. The predicted octanol–water partition coefficient (Wildman–Crippen LogP) is 2.89. The van der Waals surface area contributed by atoms with E-state index in [1.807, 2.05) is 24.3 Å². The highest BCUT2D eigenvalue weighted by Gasteiger charge is 2.17. The topological polar surface area (TPSA) is 38.3 Å². The summed E-state index contributed by atoms with van der Waals surface area (Å²) < 4.78 is 5.49. The predicted molar refractivity (Wildman–Crippen MR) is 76.4 cm³/mol. The first kappa shape index (κ1) is 14.1. The van der Waals surface area contributed by atoms with Crippen LogP contribution in [-0.2, 0) is 10.2 Å². The van der Waals surface area contributed by atoms with Crippen LogP contribution < -0.4 is 5.32 Å². The minimum absolute atomic E-state index is 0.0176. The fraction of sp³-hybridized carbons (Fsp3) is 0.562. The van der Waals surface area contributed by atoms with Crippen LogP contribution >= 0.6 is 0 Å². The van der Waals surface area contributed by atoms with Gasteiger partial charge >= 0.3 is 0 Å². The van der Waals surface area contributed by atoms with Crippen molar-refractivity contribution in [3.63, 3.8) is 0 Å². The molecule has 1 amide bonds. The van der Waals surface area contributed by atoms with Crippen molar-refractivity contribution in [1.29, 1.82) is 0 Å². The van der Waals surface area contributed by atoms with Gasteiger partial charge in [0, 0.05) is 18.7 Å². The lowest BCUT2D eigenvalue weighted by molar-refractivity contribution is 0.0857. The molecule has 3 heteroatoms. The van der Waals surface area contributed by atoms with Crippen molar-refractivity contribution in [3.05, 3.63) is 35.4 Å². The van der Waals surface area contributed by atoms with E-state index in [2.05, 4.69) is 26.1 Å². The lowest BCUT2D eigenvalue weighted by Crippen LogP contribution is -2.31. The maximum Gasteiger partial charge on any atom is 0.251 e. The highest BCUT2D eigenvalue weighted by Crippen LogP contribution is 2.22. The van der Waals surface area contributed by atoms with Gasteiger partial charge in [0.05, 0.1) is 6.10 Å². The van der Waals surface area contributed by atoms with E-state index >= 15 is 0 Å². The van der Waals surface area contributed by atoms with Gasteiger partial charge in [-0.05, 0) is 36.0 Å². The van der Waals surface area contributed by atoms with Crippen LogP contribution in [0, 0.1) is 0 Å². The maximum atomic E-state index is 12.0. The molecule has 1 aromatic rings. The van der Waals surface area contributed by atoms with Crippen molar-refractivity contribution in [2.45, 2.75) is 45.1 Å². The largest absolute Gasteiger partial charge is 0.376 e. The van der Waals surface area contributed by atoms with E-state index in [1.165, 1.54) is 5.56 Å². The molecule has 104 valence electrons. The number of hydrogen-bond donors (Lipinski definition) is 1. The number of rotatable bonds is 3. The zero-order valence-corrected chi connectivity index (χ0v) is 12.0. The highest BCUT2D eigenvalue weighted by atomic mass is 16.5. The molecule has 1 heterocycles. The smallest absolute Gasteiger partial charge is 0.251 e. The van der Waals surface area contributed by atoms with E-state index < -0.39 is 0 Å². The summed E-state index contributed by atoms with van der Waals surface area (Å²) >= 11 is 0. The molecule has 1 atom stereocenters. The van der Waals surface area contributed by atoms with Gasteiger partial charge in [0.25, 0.3) is 5.91 Å². The van der Waals surface area contributed by atoms with E-state index in [1.54, 1.807) is 0 Å². The van der Waals surface area contributed by atoms with Crippen LogP contribution in [0.1, 0.15) is 49.5 Å².